The Morgan fingerprint density at radius 2 is 2.09 bits per heavy atom. The zero-order chi connectivity index (χ0) is 16.2. The summed E-state index contributed by atoms with van der Waals surface area (Å²) in [5.41, 5.74) is 3.41. The average molecular weight is 315 g/mol. The van der Waals surface area contributed by atoms with Crippen LogP contribution in [-0.2, 0) is 19.6 Å². The molecule has 2 aromatic carbocycles. The topological polar surface area (TPSA) is 32.7 Å². The van der Waals surface area contributed by atoms with Crippen LogP contribution >= 0.6 is 0 Å². The van der Waals surface area contributed by atoms with Crippen LogP contribution in [0.1, 0.15) is 23.6 Å². The zero-order valence-corrected chi connectivity index (χ0v) is 13.3. The van der Waals surface area contributed by atoms with E-state index >= 15 is 0 Å². The molecule has 1 unspecified atom stereocenters. The molecule has 0 fully saturated rings. The highest BCUT2D eigenvalue weighted by Crippen LogP contribution is 2.25. The van der Waals surface area contributed by atoms with Crippen molar-refractivity contribution < 1.29 is 14.2 Å². The number of hydrogen-bond donors (Lipinski definition) is 1. The van der Waals surface area contributed by atoms with Gasteiger partial charge >= 0.3 is 0 Å². The monoisotopic (exact) mass is 315 g/mol. The fraction of sp³-hybridized carbons (Fsp3) is 0.368. The lowest BCUT2D eigenvalue weighted by Gasteiger charge is -2.32. The van der Waals surface area contributed by atoms with Gasteiger partial charge in [0.15, 0.2) is 0 Å². The van der Waals surface area contributed by atoms with Gasteiger partial charge in [0.2, 0.25) is 0 Å². The first-order valence-electron chi connectivity index (χ1n) is 7.99. The molecule has 1 aliphatic rings. The van der Waals surface area contributed by atoms with Crippen LogP contribution < -0.4 is 4.74 Å². The minimum atomic E-state index is -0.241. The van der Waals surface area contributed by atoms with E-state index in [2.05, 4.69) is 17.0 Å². The van der Waals surface area contributed by atoms with Crippen LogP contribution in [0.3, 0.4) is 0 Å². The van der Waals surface area contributed by atoms with Gasteiger partial charge in [-0.25, -0.2) is 4.39 Å². The highest BCUT2D eigenvalue weighted by molar-refractivity contribution is 5.37. The lowest BCUT2D eigenvalue weighted by atomic mass is 9.98. The first kappa shape index (κ1) is 16.0. The van der Waals surface area contributed by atoms with Crippen LogP contribution in [0, 0.1) is 5.82 Å². The summed E-state index contributed by atoms with van der Waals surface area (Å²) in [7, 11) is 0. The number of halogens is 1. The summed E-state index contributed by atoms with van der Waals surface area (Å²) in [5.74, 6) is 0.575. The Balaban J connectivity index is 1.65. The van der Waals surface area contributed by atoms with Crippen LogP contribution in [0.15, 0.2) is 42.5 Å². The van der Waals surface area contributed by atoms with Gasteiger partial charge in [-0.05, 0) is 54.3 Å². The van der Waals surface area contributed by atoms with Crippen molar-refractivity contribution in [2.75, 3.05) is 13.2 Å². The van der Waals surface area contributed by atoms with Crippen molar-refractivity contribution in [3.8, 4) is 5.75 Å². The molecule has 0 radical (unpaired) electrons. The molecule has 3 nitrogen and oxygen atoms in total. The van der Waals surface area contributed by atoms with Crippen molar-refractivity contribution in [3.63, 3.8) is 0 Å². The Bertz CT molecular complexity index is 674. The van der Waals surface area contributed by atoms with Gasteiger partial charge in [0.25, 0.3) is 0 Å². The van der Waals surface area contributed by atoms with Crippen molar-refractivity contribution in [1.82, 2.24) is 4.90 Å². The molecule has 3 rings (SSSR count). The molecule has 2 aromatic rings. The standard InChI is InChI=1S/C19H22FNO2/c1-14(12-22)21-8-7-16-10-19(6-5-17(16)11-21)23-13-15-3-2-4-18(20)9-15/h2-6,9-10,14,22H,7-8,11-13H2,1H3. The fourth-order valence-corrected chi connectivity index (χ4v) is 2.93. The lowest BCUT2D eigenvalue weighted by molar-refractivity contribution is 0.123. The van der Waals surface area contributed by atoms with Gasteiger partial charge in [0, 0.05) is 19.1 Å². The minimum absolute atomic E-state index is 0.185. The Hall–Kier alpha value is -1.91. The Morgan fingerprint density at radius 3 is 2.87 bits per heavy atom. The van der Waals surface area contributed by atoms with E-state index in [1.807, 2.05) is 19.1 Å². The molecule has 0 aliphatic carbocycles. The zero-order valence-electron chi connectivity index (χ0n) is 13.3. The summed E-state index contributed by atoms with van der Waals surface area (Å²) in [6, 6.07) is 12.8. The molecule has 23 heavy (non-hydrogen) atoms. The first-order valence-corrected chi connectivity index (χ1v) is 7.99. The second-order valence-electron chi connectivity index (χ2n) is 6.10. The second-order valence-corrected chi connectivity index (χ2v) is 6.10. The summed E-state index contributed by atoms with van der Waals surface area (Å²) in [5, 5.41) is 9.29. The number of aliphatic hydroxyl groups is 1. The van der Waals surface area contributed by atoms with E-state index < -0.39 is 0 Å². The number of fused-ring (bicyclic) bond motifs is 1. The van der Waals surface area contributed by atoms with Gasteiger partial charge in [-0.15, -0.1) is 0 Å². The van der Waals surface area contributed by atoms with E-state index in [0.29, 0.717) is 6.61 Å². The molecular formula is C19H22FNO2. The molecule has 1 aliphatic heterocycles. The Kier molecular flexibility index (Phi) is 4.94. The van der Waals surface area contributed by atoms with Crippen molar-refractivity contribution >= 4 is 0 Å². The van der Waals surface area contributed by atoms with Crippen LogP contribution in [-0.4, -0.2) is 29.2 Å². The highest BCUT2D eigenvalue weighted by atomic mass is 19.1. The summed E-state index contributed by atoms with van der Waals surface area (Å²) in [4.78, 5) is 2.29. The molecule has 1 atom stereocenters. The van der Waals surface area contributed by atoms with E-state index in [1.165, 1.54) is 23.3 Å². The van der Waals surface area contributed by atoms with Gasteiger partial charge in [-0.1, -0.05) is 18.2 Å². The van der Waals surface area contributed by atoms with Gasteiger partial charge in [-0.2, -0.15) is 0 Å². The van der Waals surface area contributed by atoms with Crippen LogP contribution in [0.25, 0.3) is 0 Å². The number of hydrogen-bond acceptors (Lipinski definition) is 3. The van der Waals surface area contributed by atoms with Gasteiger partial charge in [-0.3, -0.25) is 4.90 Å². The fourth-order valence-electron chi connectivity index (χ4n) is 2.93. The van der Waals surface area contributed by atoms with Gasteiger partial charge < -0.3 is 9.84 Å². The van der Waals surface area contributed by atoms with E-state index in [4.69, 9.17) is 4.74 Å². The van der Waals surface area contributed by atoms with Crippen LogP contribution in [0.5, 0.6) is 5.75 Å². The van der Waals surface area contributed by atoms with Gasteiger partial charge in [0.05, 0.1) is 6.61 Å². The number of ether oxygens (including phenoxy) is 1. The lowest BCUT2D eigenvalue weighted by Crippen LogP contribution is -2.39. The molecular weight excluding hydrogens is 293 g/mol. The molecule has 0 amide bonds. The Labute approximate surface area is 136 Å². The van der Waals surface area contributed by atoms with E-state index in [9.17, 15) is 9.50 Å². The third-order valence-corrected chi connectivity index (χ3v) is 4.40. The molecule has 0 saturated heterocycles. The number of aliphatic hydroxyl groups excluding tert-OH is 1. The van der Waals surface area contributed by atoms with Crippen molar-refractivity contribution in [1.29, 1.82) is 0 Å². The molecule has 4 heteroatoms. The molecule has 1 heterocycles. The van der Waals surface area contributed by atoms with Crippen molar-refractivity contribution in [3.05, 3.63) is 65.0 Å². The third kappa shape index (κ3) is 3.89. The summed E-state index contributed by atoms with van der Waals surface area (Å²) in [6.45, 7) is 4.40. The Morgan fingerprint density at radius 1 is 1.22 bits per heavy atom. The molecule has 1 N–H and O–H groups in total. The largest absolute Gasteiger partial charge is 0.489 e. The third-order valence-electron chi connectivity index (χ3n) is 4.40. The van der Waals surface area contributed by atoms with Crippen LogP contribution in [0.2, 0.25) is 0 Å². The normalized spacial score (nSPS) is 16.0. The number of rotatable bonds is 5. The van der Waals surface area contributed by atoms with Crippen molar-refractivity contribution in [2.45, 2.75) is 32.5 Å². The van der Waals surface area contributed by atoms with E-state index in [0.717, 1.165) is 30.8 Å². The molecule has 0 saturated carbocycles. The van der Waals surface area contributed by atoms with Gasteiger partial charge in [0.1, 0.15) is 18.2 Å². The maximum absolute atomic E-state index is 13.2. The first-order chi connectivity index (χ1) is 11.2. The predicted octanol–water partition coefficient (Wildman–Crippen LogP) is 3.14. The number of nitrogens with zero attached hydrogens (tertiary/aromatic N) is 1. The summed E-state index contributed by atoms with van der Waals surface area (Å²) < 4.78 is 19.0. The maximum atomic E-state index is 13.2. The highest BCUT2D eigenvalue weighted by Gasteiger charge is 2.20. The SMILES string of the molecule is CC(CO)N1CCc2cc(OCc3cccc(F)c3)ccc2C1. The molecule has 122 valence electrons. The van der Waals surface area contributed by atoms with E-state index in [1.54, 1.807) is 6.07 Å². The summed E-state index contributed by atoms with van der Waals surface area (Å²) in [6.07, 6.45) is 0.955. The molecule has 0 aromatic heterocycles. The molecule has 0 spiro atoms. The smallest absolute Gasteiger partial charge is 0.123 e. The van der Waals surface area contributed by atoms with E-state index in [-0.39, 0.29) is 18.5 Å². The minimum Gasteiger partial charge on any atom is -0.489 e. The van der Waals surface area contributed by atoms with Crippen LogP contribution in [0.4, 0.5) is 4.39 Å². The predicted molar refractivity (Wildman–Crippen MR) is 87.8 cm³/mol. The summed E-state index contributed by atoms with van der Waals surface area (Å²) >= 11 is 0. The average Bonchev–Trinajstić information content (AvgIpc) is 2.58. The maximum Gasteiger partial charge on any atom is 0.123 e. The van der Waals surface area contributed by atoms with Crippen molar-refractivity contribution in [2.24, 2.45) is 0 Å². The second kappa shape index (κ2) is 7.11. The quantitative estimate of drug-likeness (QED) is 0.920. The number of benzene rings is 2. The molecule has 0 bridgehead atoms.